The predicted molar refractivity (Wildman–Crippen MR) is 69.5 cm³/mol. The first-order valence-corrected chi connectivity index (χ1v) is 5.90. The van der Waals surface area contributed by atoms with Crippen LogP contribution in [0.5, 0.6) is 11.5 Å². The van der Waals surface area contributed by atoms with Crippen molar-refractivity contribution in [2.24, 2.45) is 0 Å². The SMILES string of the molecule is CNCC(c1nn[nH]n1)c1ccc(OC)cc1OC. The quantitative estimate of drug-likeness (QED) is 0.792. The number of rotatable bonds is 6. The van der Waals surface area contributed by atoms with Gasteiger partial charge in [0.2, 0.25) is 0 Å². The molecule has 19 heavy (non-hydrogen) atoms. The monoisotopic (exact) mass is 263 g/mol. The Kier molecular flexibility index (Phi) is 4.30. The second-order valence-electron chi connectivity index (χ2n) is 3.99. The van der Waals surface area contributed by atoms with Gasteiger partial charge in [-0.15, -0.1) is 10.2 Å². The van der Waals surface area contributed by atoms with Crippen LogP contribution >= 0.6 is 0 Å². The van der Waals surface area contributed by atoms with E-state index in [0.717, 1.165) is 17.1 Å². The number of tetrazole rings is 1. The first kappa shape index (κ1) is 13.3. The van der Waals surface area contributed by atoms with Crippen molar-refractivity contribution in [2.75, 3.05) is 27.8 Å². The molecule has 0 spiro atoms. The van der Waals surface area contributed by atoms with Gasteiger partial charge in [-0.3, -0.25) is 0 Å². The molecular formula is C12H17N5O2. The second-order valence-corrected chi connectivity index (χ2v) is 3.99. The number of nitrogens with one attached hydrogen (secondary N) is 2. The number of hydrogen-bond acceptors (Lipinski definition) is 6. The Balaban J connectivity index is 2.41. The molecule has 1 unspecified atom stereocenters. The number of aromatic amines is 1. The van der Waals surface area contributed by atoms with E-state index in [4.69, 9.17) is 9.47 Å². The van der Waals surface area contributed by atoms with Crippen LogP contribution in [0.4, 0.5) is 0 Å². The van der Waals surface area contributed by atoms with Crippen molar-refractivity contribution in [2.45, 2.75) is 5.92 Å². The van der Waals surface area contributed by atoms with E-state index in [1.807, 2.05) is 25.2 Å². The van der Waals surface area contributed by atoms with E-state index in [1.165, 1.54) is 0 Å². The average molecular weight is 263 g/mol. The van der Waals surface area contributed by atoms with Gasteiger partial charge in [-0.2, -0.15) is 5.21 Å². The number of benzene rings is 1. The van der Waals surface area contributed by atoms with Crippen molar-refractivity contribution in [1.29, 1.82) is 0 Å². The molecule has 2 rings (SSSR count). The van der Waals surface area contributed by atoms with E-state index in [-0.39, 0.29) is 5.92 Å². The van der Waals surface area contributed by atoms with E-state index in [0.29, 0.717) is 12.4 Å². The molecule has 1 atom stereocenters. The summed E-state index contributed by atoms with van der Waals surface area (Å²) in [6.45, 7) is 0.683. The maximum Gasteiger partial charge on any atom is 0.183 e. The van der Waals surface area contributed by atoms with Crippen LogP contribution in [-0.2, 0) is 0 Å². The third-order valence-electron chi connectivity index (χ3n) is 2.90. The minimum Gasteiger partial charge on any atom is -0.497 e. The Hall–Kier alpha value is -2.15. The van der Waals surface area contributed by atoms with Gasteiger partial charge in [0.05, 0.1) is 20.1 Å². The highest BCUT2D eigenvalue weighted by Crippen LogP contribution is 2.32. The molecule has 2 N–H and O–H groups in total. The van der Waals surface area contributed by atoms with Gasteiger partial charge < -0.3 is 14.8 Å². The molecule has 1 aromatic carbocycles. The van der Waals surface area contributed by atoms with E-state index >= 15 is 0 Å². The van der Waals surface area contributed by atoms with Gasteiger partial charge in [0.25, 0.3) is 0 Å². The Labute approximate surface area is 111 Å². The fourth-order valence-corrected chi connectivity index (χ4v) is 1.97. The Morgan fingerprint density at radius 3 is 2.74 bits per heavy atom. The van der Waals surface area contributed by atoms with Crippen LogP contribution in [0.1, 0.15) is 17.3 Å². The largest absolute Gasteiger partial charge is 0.497 e. The molecule has 0 amide bonds. The molecule has 0 radical (unpaired) electrons. The second kappa shape index (κ2) is 6.14. The highest BCUT2D eigenvalue weighted by atomic mass is 16.5. The Morgan fingerprint density at radius 1 is 1.32 bits per heavy atom. The van der Waals surface area contributed by atoms with E-state index in [2.05, 4.69) is 25.9 Å². The van der Waals surface area contributed by atoms with Crippen LogP contribution in [0, 0.1) is 0 Å². The highest BCUT2D eigenvalue weighted by Gasteiger charge is 2.22. The zero-order chi connectivity index (χ0) is 13.7. The lowest BCUT2D eigenvalue weighted by Crippen LogP contribution is -2.20. The number of hydrogen-bond donors (Lipinski definition) is 2. The minimum absolute atomic E-state index is 0.0374. The molecule has 0 saturated carbocycles. The van der Waals surface area contributed by atoms with Crippen molar-refractivity contribution >= 4 is 0 Å². The van der Waals surface area contributed by atoms with Gasteiger partial charge in [0, 0.05) is 18.2 Å². The summed E-state index contributed by atoms with van der Waals surface area (Å²) < 4.78 is 10.6. The standard InChI is InChI=1S/C12H17N5O2/c1-13-7-10(12-14-16-17-15-12)9-5-4-8(18-2)6-11(9)19-3/h4-6,10,13H,7H2,1-3H3,(H,14,15,16,17). The van der Waals surface area contributed by atoms with Crippen LogP contribution < -0.4 is 14.8 Å². The smallest absolute Gasteiger partial charge is 0.183 e. The lowest BCUT2D eigenvalue weighted by atomic mass is 9.97. The lowest BCUT2D eigenvalue weighted by molar-refractivity contribution is 0.389. The van der Waals surface area contributed by atoms with Crippen molar-refractivity contribution in [3.8, 4) is 11.5 Å². The number of likely N-dealkylation sites (N-methyl/N-ethyl adjacent to an activating group) is 1. The minimum atomic E-state index is -0.0374. The summed E-state index contributed by atoms with van der Waals surface area (Å²) >= 11 is 0. The topological polar surface area (TPSA) is 85.0 Å². The van der Waals surface area contributed by atoms with Crippen LogP contribution in [-0.4, -0.2) is 48.4 Å². The molecule has 7 nitrogen and oxygen atoms in total. The van der Waals surface area contributed by atoms with Crippen LogP contribution in [0.25, 0.3) is 0 Å². The molecule has 0 aliphatic carbocycles. The summed E-state index contributed by atoms with van der Waals surface area (Å²) in [4.78, 5) is 0. The van der Waals surface area contributed by atoms with Crippen LogP contribution in [0.2, 0.25) is 0 Å². The number of nitrogens with zero attached hydrogens (tertiary/aromatic N) is 3. The van der Waals surface area contributed by atoms with Gasteiger partial charge in [-0.25, -0.2) is 0 Å². The molecule has 1 heterocycles. The van der Waals surface area contributed by atoms with E-state index in [9.17, 15) is 0 Å². The van der Waals surface area contributed by atoms with Gasteiger partial charge in [0.15, 0.2) is 5.82 Å². The Morgan fingerprint density at radius 2 is 2.16 bits per heavy atom. The van der Waals surface area contributed by atoms with Gasteiger partial charge in [-0.05, 0) is 13.1 Å². The van der Waals surface area contributed by atoms with Gasteiger partial charge in [-0.1, -0.05) is 11.3 Å². The predicted octanol–water partition coefficient (Wildman–Crippen LogP) is 0.568. The molecule has 0 aliphatic heterocycles. The summed E-state index contributed by atoms with van der Waals surface area (Å²) in [5.74, 6) is 2.07. The van der Waals surface area contributed by atoms with Crippen molar-refractivity contribution in [3.63, 3.8) is 0 Å². The molecule has 0 bridgehead atoms. The van der Waals surface area contributed by atoms with Gasteiger partial charge >= 0.3 is 0 Å². The summed E-state index contributed by atoms with van der Waals surface area (Å²) in [5.41, 5.74) is 0.985. The summed E-state index contributed by atoms with van der Waals surface area (Å²) in [6, 6.07) is 5.69. The third kappa shape index (κ3) is 2.82. The van der Waals surface area contributed by atoms with E-state index in [1.54, 1.807) is 14.2 Å². The number of methoxy groups -OCH3 is 2. The zero-order valence-electron chi connectivity index (χ0n) is 11.2. The summed E-state index contributed by atoms with van der Waals surface area (Å²) in [7, 11) is 5.13. The van der Waals surface area contributed by atoms with Gasteiger partial charge in [0.1, 0.15) is 11.5 Å². The molecule has 7 heteroatoms. The van der Waals surface area contributed by atoms with Crippen molar-refractivity contribution in [3.05, 3.63) is 29.6 Å². The molecule has 0 fully saturated rings. The maximum atomic E-state index is 5.42. The molecule has 2 aromatic rings. The maximum absolute atomic E-state index is 5.42. The molecular weight excluding hydrogens is 246 g/mol. The molecule has 102 valence electrons. The molecule has 0 saturated heterocycles. The first-order chi connectivity index (χ1) is 9.30. The third-order valence-corrected chi connectivity index (χ3v) is 2.90. The summed E-state index contributed by atoms with van der Waals surface area (Å²) in [5, 5.41) is 17.3. The lowest BCUT2D eigenvalue weighted by Gasteiger charge is -2.17. The van der Waals surface area contributed by atoms with Crippen LogP contribution in [0.15, 0.2) is 18.2 Å². The highest BCUT2D eigenvalue weighted by molar-refractivity contribution is 5.44. The fraction of sp³-hybridized carbons (Fsp3) is 0.417. The van der Waals surface area contributed by atoms with E-state index < -0.39 is 0 Å². The normalized spacial score (nSPS) is 12.2. The molecule has 1 aromatic heterocycles. The molecule has 0 aliphatic rings. The number of aromatic nitrogens is 4. The van der Waals surface area contributed by atoms with Crippen LogP contribution in [0.3, 0.4) is 0 Å². The number of H-pyrrole nitrogens is 1. The summed E-state index contributed by atoms with van der Waals surface area (Å²) in [6.07, 6.45) is 0. The Bertz CT molecular complexity index is 515. The fourth-order valence-electron chi connectivity index (χ4n) is 1.97. The van der Waals surface area contributed by atoms with Crippen molar-refractivity contribution in [1.82, 2.24) is 25.9 Å². The zero-order valence-corrected chi connectivity index (χ0v) is 11.2. The first-order valence-electron chi connectivity index (χ1n) is 5.90. The average Bonchev–Trinajstić information content (AvgIpc) is 2.98. The number of ether oxygens (including phenoxy) is 2. The van der Waals surface area contributed by atoms with Crippen molar-refractivity contribution < 1.29 is 9.47 Å².